The van der Waals surface area contributed by atoms with E-state index in [1.807, 2.05) is 26.2 Å². The van der Waals surface area contributed by atoms with E-state index in [4.69, 9.17) is 20.4 Å². The summed E-state index contributed by atoms with van der Waals surface area (Å²) < 4.78 is 17.7. The van der Waals surface area contributed by atoms with E-state index < -0.39 is 22.4 Å². The number of anilines is 2. The number of carbonyl (C=O) groups excluding carboxylic acids is 1. The van der Waals surface area contributed by atoms with Crippen molar-refractivity contribution in [3.8, 4) is 0 Å². The Kier molecular flexibility index (Phi) is 5.70. The normalized spacial score (nSPS) is 24.9. The van der Waals surface area contributed by atoms with Crippen molar-refractivity contribution in [2.45, 2.75) is 55.9 Å². The van der Waals surface area contributed by atoms with Crippen LogP contribution in [0.15, 0.2) is 23.4 Å². The Morgan fingerprint density at radius 2 is 2.03 bits per heavy atom. The van der Waals surface area contributed by atoms with Crippen molar-refractivity contribution in [3.63, 3.8) is 0 Å². The van der Waals surface area contributed by atoms with Crippen LogP contribution in [0.3, 0.4) is 0 Å². The van der Waals surface area contributed by atoms with Crippen LogP contribution in [0.4, 0.5) is 16.6 Å². The van der Waals surface area contributed by atoms with Gasteiger partial charge in [0.25, 0.3) is 0 Å². The Hall–Kier alpha value is -3.08. The van der Waals surface area contributed by atoms with Gasteiger partial charge in [-0.25, -0.2) is 19.7 Å². The Morgan fingerprint density at radius 1 is 1.25 bits per heavy atom. The second-order valence-electron chi connectivity index (χ2n) is 10.9. The fraction of sp³-hybridized carbons (Fsp3) is 0.560. The van der Waals surface area contributed by atoms with Crippen LogP contribution >= 0.6 is 0 Å². The molecule has 0 aromatic carbocycles. The lowest BCUT2D eigenvalue weighted by Crippen LogP contribution is -2.39. The number of nitrogens with two attached hydrogens (primary N) is 1. The van der Waals surface area contributed by atoms with Crippen LogP contribution in [0.5, 0.6) is 0 Å². The van der Waals surface area contributed by atoms with Gasteiger partial charge in [0, 0.05) is 37.7 Å². The molecule has 4 heterocycles. The lowest BCUT2D eigenvalue weighted by molar-refractivity contribution is 0.138. The number of allylic oxidation sites excluding steroid dienone is 1. The highest BCUT2D eigenvalue weighted by Crippen LogP contribution is 2.43. The van der Waals surface area contributed by atoms with Gasteiger partial charge in [-0.05, 0) is 62.0 Å². The Labute approximate surface area is 212 Å². The summed E-state index contributed by atoms with van der Waals surface area (Å²) in [6.07, 6.45) is 9.58. The number of amides is 1. The summed E-state index contributed by atoms with van der Waals surface area (Å²) in [6, 6.07) is 0. The fourth-order valence-electron chi connectivity index (χ4n) is 5.39. The molecular formula is C25H31N7O3S. The zero-order valence-corrected chi connectivity index (χ0v) is 21.4. The Balaban J connectivity index is 1.20. The molecule has 0 bridgehead atoms. The van der Waals surface area contributed by atoms with Gasteiger partial charge in [-0.15, -0.1) is 0 Å². The summed E-state index contributed by atoms with van der Waals surface area (Å²) in [7, 11) is -1.16. The van der Waals surface area contributed by atoms with Gasteiger partial charge < -0.3 is 20.7 Å². The monoisotopic (exact) mass is 509 g/mol. The zero-order valence-electron chi connectivity index (χ0n) is 20.6. The molecule has 6 rings (SSSR count). The molecule has 2 fully saturated rings. The van der Waals surface area contributed by atoms with Crippen LogP contribution in [0.2, 0.25) is 0 Å². The van der Waals surface area contributed by atoms with E-state index in [1.165, 1.54) is 24.0 Å². The summed E-state index contributed by atoms with van der Waals surface area (Å²) in [5.41, 5.74) is 7.81. The summed E-state index contributed by atoms with van der Waals surface area (Å²) >= 11 is 0. The molecule has 11 heteroatoms. The van der Waals surface area contributed by atoms with E-state index in [2.05, 4.69) is 26.3 Å². The predicted octanol–water partition coefficient (Wildman–Crippen LogP) is 2.63. The maximum absolute atomic E-state index is 12.7. The summed E-state index contributed by atoms with van der Waals surface area (Å²) in [6.45, 7) is 5.50. The van der Waals surface area contributed by atoms with E-state index >= 15 is 0 Å². The van der Waals surface area contributed by atoms with Crippen molar-refractivity contribution in [2.24, 2.45) is 17.6 Å². The first-order chi connectivity index (χ1) is 17.3. The number of nitrogens with zero attached hydrogens (tertiary/aromatic N) is 5. The molecule has 2 aliphatic carbocycles. The smallest absolute Gasteiger partial charge is 0.404 e. The molecule has 1 saturated carbocycles. The molecule has 4 aliphatic rings. The van der Waals surface area contributed by atoms with E-state index in [0.29, 0.717) is 46.6 Å². The van der Waals surface area contributed by atoms with Crippen LogP contribution in [0, 0.1) is 11.8 Å². The number of primary amides is 1. The van der Waals surface area contributed by atoms with Gasteiger partial charge in [0.1, 0.15) is 17.3 Å². The standard InChI is InChI=1S/C25H31N7O3S/c1-25(2,13-35-23(26)33)31-22-20-19(5-6-36(20)34)29-24(30-22)32-11-16-7-15(8-17(16)12-32)21-27-9-18(10-28-21)14-3-4-14/h7,9-10,14,16-17H,3-6,8,11-13H2,1-2H3,(H2,26,33)(H,29,30,31)/t16-,17+,36+/m0/s1. The van der Waals surface area contributed by atoms with Crippen molar-refractivity contribution >= 4 is 34.2 Å². The molecule has 0 radical (unpaired) electrons. The van der Waals surface area contributed by atoms with E-state index in [9.17, 15) is 9.00 Å². The van der Waals surface area contributed by atoms with Gasteiger partial charge in [0.05, 0.1) is 22.0 Å². The average Bonchev–Trinajstić information content (AvgIpc) is 3.34. The Morgan fingerprint density at radius 3 is 2.72 bits per heavy atom. The topological polar surface area (TPSA) is 136 Å². The van der Waals surface area contributed by atoms with Gasteiger partial charge in [-0.1, -0.05) is 6.08 Å². The van der Waals surface area contributed by atoms with Gasteiger partial charge in [-0.2, -0.15) is 4.98 Å². The average molecular weight is 510 g/mol. The zero-order chi connectivity index (χ0) is 25.0. The first-order valence-electron chi connectivity index (χ1n) is 12.5. The maximum Gasteiger partial charge on any atom is 0.404 e. The van der Waals surface area contributed by atoms with E-state index in [0.717, 1.165) is 31.0 Å². The Bertz CT molecular complexity index is 1260. The SMILES string of the molecule is CC(C)(COC(N)=O)Nc1nc(N2C[C@H]3CC(c4ncc(C5CC5)cn4)=C[C@H]3C2)nc2c1[S@](=O)CC2. The van der Waals surface area contributed by atoms with Crippen molar-refractivity contribution in [2.75, 3.05) is 35.7 Å². The number of ether oxygens (including phenoxy) is 1. The molecule has 0 unspecified atom stereocenters. The van der Waals surface area contributed by atoms with Crippen LogP contribution in [0.1, 0.15) is 56.1 Å². The lowest BCUT2D eigenvalue weighted by atomic mass is 10.00. The van der Waals surface area contributed by atoms with E-state index in [-0.39, 0.29) is 6.61 Å². The number of hydrogen-bond donors (Lipinski definition) is 2. The number of rotatable bonds is 7. The number of fused-ring (bicyclic) bond motifs is 2. The minimum atomic E-state index is -1.16. The second-order valence-corrected chi connectivity index (χ2v) is 12.4. The van der Waals surface area contributed by atoms with Crippen molar-refractivity contribution in [1.29, 1.82) is 0 Å². The molecule has 3 atom stereocenters. The van der Waals surface area contributed by atoms with Crippen LogP contribution in [-0.4, -0.2) is 61.2 Å². The fourth-order valence-corrected chi connectivity index (χ4v) is 6.69. The van der Waals surface area contributed by atoms with Crippen LogP contribution in [0.25, 0.3) is 5.57 Å². The summed E-state index contributed by atoms with van der Waals surface area (Å²) in [4.78, 5) is 32.9. The molecule has 190 valence electrons. The molecule has 3 N–H and O–H groups in total. The lowest BCUT2D eigenvalue weighted by Gasteiger charge is -2.28. The highest BCUT2D eigenvalue weighted by atomic mass is 32.2. The molecule has 1 amide bonds. The first-order valence-corrected chi connectivity index (χ1v) is 13.9. The maximum atomic E-state index is 12.7. The molecular weight excluding hydrogens is 478 g/mol. The van der Waals surface area contributed by atoms with E-state index in [1.54, 1.807) is 0 Å². The quantitative estimate of drug-likeness (QED) is 0.577. The molecule has 10 nitrogen and oxygen atoms in total. The number of aromatic nitrogens is 4. The molecule has 2 aromatic rings. The minimum absolute atomic E-state index is 0.0637. The molecule has 2 aliphatic heterocycles. The van der Waals surface area contributed by atoms with Gasteiger partial charge in [-0.3, -0.25) is 4.21 Å². The number of aryl methyl sites for hydroxylation is 1. The molecule has 36 heavy (non-hydrogen) atoms. The van der Waals surface area contributed by atoms with Crippen LogP contribution < -0.4 is 16.0 Å². The minimum Gasteiger partial charge on any atom is -0.447 e. The predicted molar refractivity (Wildman–Crippen MR) is 136 cm³/mol. The second kappa shape index (κ2) is 8.79. The number of nitrogens with one attached hydrogen (secondary N) is 1. The molecule has 2 aromatic heterocycles. The highest BCUT2D eigenvalue weighted by Gasteiger charge is 2.39. The highest BCUT2D eigenvalue weighted by molar-refractivity contribution is 7.85. The summed E-state index contributed by atoms with van der Waals surface area (Å²) in [5, 5.41) is 3.33. The van der Waals surface area contributed by atoms with Crippen molar-refractivity contribution < 1.29 is 13.7 Å². The van der Waals surface area contributed by atoms with Gasteiger partial charge in [0.15, 0.2) is 5.82 Å². The van der Waals surface area contributed by atoms with Gasteiger partial charge >= 0.3 is 6.09 Å². The number of hydrogen-bond acceptors (Lipinski definition) is 9. The third kappa shape index (κ3) is 4.56. The van der Waals surface area contributed by atoms with Crippen LogP contribution in [-0.2, 0) is 22.0 Å². The largest absolute Gasteiger partial charge is 0.447 e. The summed E-state index contributed by atoms with van der Waals surface area (Å²) in [5.74, 6) is 4.11. The third-order valence-corrected chi connectivity index (χ3v) is 8.85. The van der Waals surface area contributed by atoms with Crippen molar-refractivity contribution in [1.82, 2.24) is 19.9 Å². The molecule has 0 spiro atoms. The number of carbonyl (C=O) groups is 1. The van der Waals surface area contributed by atoms with Crippen molar-refractivity contribution in [3.05, 3.63) is 35.6 Å². The first kappa shape index (κ1) is 23.3. The third-order valence-electron chi connectivity index (χ3n) is 7.39. The van der Waals surface area contributed by atoms with Gasteiger partial charge in [0.2, 0.25) is 5.95 Å². The molecule has 1 saturated heterocycles.